The fourth-order valence-electron chi connectivity index (χ4n) is 4.82. The summed E-state index contributed by atoms with van der Waals surface area (Å²) < 4.78 is 26.4. The van der Waals surface area contributed by atoms with Gasteiger partial charge in [0.25, 0.3) is 0 Å². The number of nitrogens with zero attached hydrogens (tertiary/aromatic N) is 2. The maximum atomic E-state index is 13.5. The number of benzene rings is 2. The summed E-state index contributed by atoms with van der Waals surface area (Å²) in [5.41, 5.74) is 3.30. The van der Waals surface area contributed by atoms with E-state index in [1.54, 1.807) is 30.0 Å². The van der Waals surface area contributed by atoms with Crippen molar-refractivity contribution in [3.05, 3.63) is 64.2 Å². The molecular formula is C28H38ClN3O4S. The van der Waals surface area contributed by atoms with E-state index in [0.717, 1.165) is 48.6 Å². The van der Waals surface area contributed by atoms with E-state index in [1.165, 1.54) is 4.31 Å². The van der Waals surface area contributed by atoms with Crippen LogP contribution in [-0.2, 0) is 26.2 Å². The number of hydrogen-bond acceptors (Lipinski definition) is 4. The molecule has 37 heavy (non-hydrogen) atoms. The summed E-state index contributed by atoms with van der Waals surface area (Å²) in [4.78, 5) is 28.1. The first-order chi connectivity index (χ1) is 17.5. The van der Waals surface area contributed by atoms with Crippen LogP contribution < -0.4 is 9.62 Å². The highest BCUT2D eigenvalue weighted by molar-refractivity contribution is 7.92. The molecule has 0 radical (unpaired) electrons. The van der Waals surface area contributed by atoms with Gasteiger partial charge in [-0.15, -0.1) is 0 Å². The predicted octanol–water partition coefficient (Wildman–Crippen LogP) is 4.98. The molecule has 1 aliphatic carbocycles. The maximum absolute atomic E-state index is 13.5. The van der Waals surface area contributed by atoms with E-state index in [2.05, 4.69) is 5.32 Å². The van der Waals surface area contributed by atoms with Crippen LogP contribution >= 0.6 is 11.6 Å². The molecule has 202 valence electrons. The lowest BCUT2D eigenvalue weighted by Gasteiger charge is -2.30. The Morgan fingerprint density at radius 2 is 1.81 bits per heavy atom. The van der Waals surface area contributed by atoms with Crippen LogP contribution in [0.5, 0.6) is 0 Å². The standard InChI is InChI=1S/C28H38ClN3O4S/c1-20-9-7-10-23(17-20)19-31(22(3)28(34)30-25-11-5-6-12-25)27(33)13-8-16-32(37(4,35)36)26-18-24(29)15-14-21(26)2/h7,9-10,14-15,17-18,22,25H,5-6,8,11-13,16,19H2,1-4H3,(H,30,34)/t22-/m0/s1. The van der Waals surface area contributed by atoms with Crippen molar-refractivity contribution in [2.45, 2.75) is 77.9 Å². The molecule has 3 rings (SSSR count). The van der Waals surface area contributed by atoms with Gasteiger partial charge in [-0.05, 0) is 63.3 Å². The van der Waals surface area contributed by atoms with E-state index in [9.17, 15) is 18.0 Å². The number of nitrogens with one attached hydrogen (secondary N) is 1. The van der Waals surface area contributed by atoms with Crippen molar-refractivity contribution >= 4 is 39.1 Å². The number of aryl methyl sites for hydroxylation is 2. The van der Waals surface area contributed by atoms with E-state index >= 15 is 0 Å². The highest BCUT2D eigenvalue weighted by Crippen LogP contribution is 2.27. The molecule has 1 saturated carbocycles. The third-order valence-electron chi connectivity index (χ3n) is 6.90. The molecule has 0 bridgehead atoms. The lowest BCUT2D eigenvalue weighted by Crippen LogP contribution is -2.49. The minimum atomic E-state index is -3.59. The van der Waals surface area contributed by atoms with Gasteiger partial charge in [0.1, 0.15) is 6.04 Å². The van der Waals surface area contributed by atoms with Crippen molar-refractivity contribution < 1.29 is 18.0 Å². The second kappa shape index (κ2) is 12.8. The zero-order valence-electron chi connectivity index (χ0n) is 22.2. The Balaban J connectivity index is 1.74. The zero-order chi connectivity index (χ0) is 27.2. The smallest absolute Gasteiger partial charge is 0.242 e. The Morgan fingerprint density at radius 3 is 2.46 bits per heavy atom. The third kappa shape index (κ3) is 8.20. The first kappa shape index (κ1) is 29.0. The van der Waals surface area contributed by atoms with Gasteiger partial charge in [-0.25, -0.2) is 8.42 Å². The molecule has 1 atom stereocenters. The average molecular weight is 548 g/mol. The highest BCUT2D eigenvalue weighted by Gasteiger charge is 2.29. The number of anilines is 1. The molecule has 7 nitrogen and oxygen atoms in total. The van der Waals surface area contributed by atoms with Crippen molar-refractivity contribution in [3.63, 3.8) is 0 Å². The number of carbonyl (C=O) groups is 2. The first-order valence-electron chi connectivity index (χ1n) is 12.8. The van der Waals surface area contributed by atoms with Crippen LogP contribution in [0.25, 0.3) is 0 Å². The van der Waals surface area contributed by atoms with Gasteiger partial charge in [0.15, 0.2) is 0 Å². The second-order valence-corrected chi connectivity index (χ2v) is 12.4. The van der Waals surface area contributed by atoms with E-state index in [0.29, 0.717) is 23.7 Å². The molecule has 0 aromatic heterocycles. The molecule has 0 heterocycles. The van der Waals surface area contributed by atoms with Crippen molar-refractivity contribution in [2.24, 2.45) is 0 Å². The van der Waals surface area contributed by atoms with E-state index in [1.807, 2.05) is 38.1 Å². The minimum Gasteiger partial charge on any atom is -0.352 e. The summed E-state index contributed by atoms with van der Waals surface area (Å²) in [7, 11) is -3.59. The van der Waals surface area contributed by atoms with Gasteiger partial charge in [0, 0.05) is 30.6 Å². The zero-order valence-corrected chi connectivity index (χ0v) is 23.7. The van der Waals surface area contributed by atoms with Crippen LogP contribution in [0.1, 0.15) is 62.1 Å². The number of amides is 2. The SMILES string of the molecule is Cc1cccc(CN(C(=O)CCCN(c2cc(Cl)ccc2C)S(C)(=O)=O)[C@@H](C)C(=O)NC2CCCC2)c1. The van der Waals surface area contributed by atoms with Crippen molar-refractivity contribution in [1.82, 2.24) is 10.2 Å². The second-order valence-electron chi connectivity index (χ2n) is 10.0. The molecule has 2 aromatic carbocycles. The average Bonchev–Trinajstić information content (AvgIpc) is 3.34. The Hall–Kier alpha value is -2.58. The van der Waals surface area contributed by atoms with Gasteiger partial charge in [0.2, 0.25) is 21.8 Å². The van der Waals surface area contributed by atoms with Crippen LogP contribution in [-0.4, -0.2) is 50.0 Å². The normalized spacial score (nSPS) is 14.8. The summed E-state index contributed by atoms with van der Waals surface area (Å²) in [5.74, 6) is -0.341. The van der Waals surface area contributed by atoms with Crippen LogP contribution in [0, 0.1) is 13.8 Å². The lowest BCUT2D eigenvalue weighted by atomic mass is 10.1. The van der Waals surface area contributed by atoms with Gasteiger partial charge in [-0.3, -0.25) is 13.9 Å². The highest BCUT2D eigenvalue weighted by atomic mass is 35.5. The Bertz CT molecular complexity index is 1210. The van der Waals surface area contributed by atoms with Gasteiger partial charge < -0.3 is 10.2 Å². The Kier molecular flexibility index (Phi) is 10.0. The van der Waals surface area contributed by atoms with Gasteiger partial charge in [0.05, 0.1) is 11.9 Å². The molecule has 1 fully saturated rings. The van der Waals surface area contributed by atoms with Crippen molar-refractivity contribution in [3.8, 4) is 0 Å². The van der Waals surface area contributed by atoms with Crippen LogP contribution in [0.3, 0.4) is 0 Å². The molecule has 2 aromatic rings. The fraction of sp³-hybridized carbons (Fsp3) is 0.500. The summed E-state index contributed by atoms with van der Waals surface area (Å²) in [6.45, 7) is 6.01. The number of hydrogen-bond donors (Lipinski definition) is 1. The summed E-state index contributed by atoms with van der Waals surface area (Å²) in [6, 6.07) is 12.5. The van der Waals surface area contributed by atoms with Gasteiger partial charge in [-0.2, -0.15) is 0 Å². The third-order valence-corrected chi connectivity index (χ3v) is 8.31. The number of carbonyl (C=O) groups excluding carboxylic acids is 2. The van der Waals surface area contributed by atoms with Gasteiger partial charge in [-0.1, -0.05) is 60.3 Å². The molecule has 0 aliphatic heterocycles. The molecule has 1 N–H and O–H groups in total. The minimum absolute atomic E-state index is 0.110. The molecule has 2 amide bonds. The Morgan fingerprint density at radius 1 is 1.11 bits per heavy atom. The molecule has 0 spiro atoms. The monoisotopic (exact) mass is 547 g/mol. The van der Waals surface area contributed by atoms with Crippen molar-refractivity contribution in [2.75, 3.05) is 17.1 Å². The molecule has 1 aliphatic rings. The number of halogens is 1. The number of sulfonamides is 1. The van der Waals surface area contributed by atoms with E-state index in [4.69, 9.17) is 11.6 Å². The maximum Gasteiger partial charge on any atom is 0.242 e. The van der Waals surface area contributed by atoms with Crippen LogP contribution in [0.4, 0.5) is 5.69 Å². The van der Waals surface area contributed by atoms with Gasteiger partial charge >= 0.3 is 0 Å². The van der Waals surface area contributed by atoms with Crippen LogP contribution in [0.2, 0.25) is 5.02 Å². The summed E-state index contributed by atoms with van der Waals surface area (Å²) in [6.07, 6.45) is 5.71. The molecular weight excluding hydrogens is 510 g/mol. The van der Waals surface area contributed by atoms with E-state index in [-0.39, 0.29) is 30.8 Å². The van der Waals surface area contributed by atoms with Crippen LogP contribution in [0.15, 0.2) is 42.5 Å². The molecule has 9 heteroatoms. The lowest BCUT2D eigenvalue weighted by molar-refractivity contribution is -0.141. The molecule has 0 unspecified atom stereocenters. The summed E-state index contributed by atoms with van der Waals surface area (Å²) in [5, 5.41) is 3.55. The topological polar surface area (TPSA) is 86.8 Å². The first-order valence-corrected chi connectivity index (χ1v) is 15.1. The largest absolute Gasteiger partial charge is 0.352 e. The predicted molar refractivity (Wildman–Crippen MR) is 149 cm³/mol. The number of rotatable bonds is 11. The summed E-state index contributed by atoms with van der Waals surface area (Å²) >= 11 is 6.13. The quantitative estimate of drug-likeness (QED) is 0.430. The fourth-order valence-corrected chi connectivity index (χ4v) is 6.00. The Labute approximate surface area is 226 Å². The molecule has 0 saturated heterocycles. The van der Waals surface area contributed by atoms with E-state index < -0.39 is 16.1 Å². The van der Waals surface area contributed by atoms with Crippen molar-refractivity contribution in [1.29, 1.82) is 0 Å².